The molecule has 1 amide bonds. The van der Waals surface area contributed by atoms with Crippen LogP contribution >= 0.6 is 23.4 Å². The Balaban J connectivity index is 1.57. The summed E-state index contributed by atoms with van der Waals surface area (Å²) < 4.78 is 18.5. The number of aromatic hydroxyl groups is 1. The summed E-state index contributed by atoms with van der Waals surface area (Å²) in [5.41, 5.74) is 1.05. The molecule has 0 fully saturated rings. The van der Waals surface area contributed by atoms with Crippen molar-refractivity contribution in [1.29, 1.82) is 0 Å². The molecule has 1 aromatic heterocycles. The minimum atomic E-state index is -0.554. The Hall–Kier alpha value is -2.58. The van der Waals surface area contributed by atoms with E-state index in [-0.39, 0.29) is 33.5 Å². The molecule has 2 N–H and O–H groups in total. The van der Waals surface area contributed by atoms with Crippen molar-refractivity contribution in [2.75, 3.05) is 11.1 Å². The Kier molecular flexibility index (Phi) is 5.20. The molecular weight excluding hydrogens is 369 g/mol. The van der Waals surface area contributed by atoms with Crippen molar-refractivity contribution in [2.24, 2.45) is 0 Å². The number of phenols is 1. The Bertz CT molecular complexity index is 902. The molecule has 0 radical (unpaired) electrons. The Morgan fingerprint density at radius 2 is 2.00 bits per heavy atom. The predicted molar refractivity (Wildman–Crippen MR) is 92.2 cm³/mol. The lowest BCUT2D eigenvalue weighted by Gasteiger charge is -2.04. The summed E-state index contributed by atoms with van der Waals surface area (Å²) in [5, 5.41) is 19.8. The minimum absolute atomic E-state index is 0.0339. The van der Waals surface area contributed by atoms with Crippen LogP contribution in [0.3, 0.4) is 0 Å². The molecule has 0 aliphatic rings. The molecule has 0 saturated carbocycles. The fourth-order valence-corrected chi connectivity index (χ4v) is 2.63. The van der Waals surface area contributed by atoms with Crippen molar-refractivity contribution in [3.63, 3.8) is 0 Å². The third-order valence-corrected chi connectivity index (χ3v) is 4.16. The second-order valence-corrected chi connectivity index (χ2v) is 6.22. The van der Waals surface area contributed by atoms with Gasteiger partial charge in [0, 0.05) is 11.3 Å². The number of thioether (sulfide) groups is 1. The number of hydrogen-bond acceptors (Lipinski definition) is 6. The van der Waals surface area contributed by atoms with Crippen molar-refractivity contribution in [1.82, 2.24) is 10.2 Å². The van der Waals surface area contributed by atoms with Crippen molar-refractivity contribution < 1.29 is 18.7 Å². The summed E-state index contributed by atoms with van der Waals surface area (Å²) in [6.45, 7) is 0. The maximum absolute atomic E-state index is 13.1. The number of anilines is 1. The van der Waals surface area contributed by atoms with Gasteiger partial charge in [0.2, 0.25) is 11.8 Å². The van der Waals surface area contributed by atoms with E-state index in [4.69, 9.17) is 16.0 Å². The van der Waals surface area contributed by atoms with Gasteiger partial charge in [-0.2, -0.15) is 0 Å². The maximum atomic E-state index is 13.1. The fraction of sp³-hybridized carbons (Fsp3) is 0.0625. The van der Waals surface area contributed by atoms with Gasteiger partial charge in [-0.05, 0) is 42.5 Å². The smallest absolute Gasteiger partial charge is 0.277 e. The molecule has 0 bridgehead atoms. The number of carbonyl (C=O) groups is 1. The quantitative estimate of drug-likeness (QED) is 0.652. The topological polar surface area (TPSA) is 88.2 Å². The van der Waals surface area contributed by atoms with Crippen LogP contribution in [0.15, 0.2) is 52.1 Å². The average molecular weight is 380 g/mol. The SMILES string of the molecule is O=C(CSc1nnc(-c2ccc(O)cc2)o1)Nc1ccc(F)c(Cl)c1. The summed E-state index contributed by atoms with van der Waals surface area (Å²) in [7, 11) is 0. The summed E-state index contributed by atoms with van der Waals surface area (Å²) in [5.74, 6) is -0.422. The highest BCUT2D eigenvalue weighted by Gasteiger charge is 2.12. The van der Waals surface area contributed by atoms with Crippen LogP contribution in [0.25, 0.3) is 11.5 Å². The van der Waals surface area contributed by atoms with Crippen molar-refractivity contribution >= 4 is 35.0 Å². The number of nitrogens with zero attached hydrogens (tertiary/aromatic N) is 2. The molecule has 0 spiro atoms. The summed E-state index contributed by atoms with van der Waals surface area (Å²) >= 11 is 6.73. The van der Waals surface area contributed by atoms with E-state index >= 15 is 0 Å². The molecule has 128 valence electrons. The first kappa shape index (κ1) is 17.2. The Morgan fingerprint density at radius 1 is 1.24 bits per heavy atom. The zero-order valence-corrected chi connectivity index (χ0v) is 14.1. The van der Waals surface area contributed by atoms with Crippen LogP contribution in [0.4, 0.5) is 10.1 Å². The summed E-state index contributed by atoms with van der Waals surface area (Å²) in [6, 6.07) is 10.2. The highest BCUT2D eigenvalue weighted by Crippen LogP contribution is 2.25. The van der Waals surface area contributed by atoms with Gasteiger partial charge in [-0.15, -0.1) is 10.2 Å². The van der Waals surface area contributed by atoms with Gasteiger partial charge in [0.15, 0.2) is 0 Å². The number of rotatable bonds is 5. The lowest BCUT2D eigenvalue weighted by Crippen LogP contribution is -2.14. The predicted octanol–water partition coefficient (Wildman–Crippen LogP) is 3.97. The van der Waals surface area contributed by atoms with Crippen molar-refractivity contribution in [3.05, 3.63) is 53.3 Å². The molecule has 0 atom stereocenters. The van der Waals surface area contributed by atoms with Gasteiger partial charge in [0.05, 0.1) is 10.8 Å². The van der Waals surface area contributed by atoms with Crippen LogP contribution in [0.2, 0.25) is 5.02 Å². The average Bonchev–Trinajstić information content (AvgIpc) is 3.06. The number of amides is 1. The molecule has 0 saturated heterocycles. The third kappa shape index (κ3) is 4.49. The first-order valence-electron chi connectivity index (χ1n) is 7.02. The molecule has 1 heterocycles. The van der Waals surface area contributed by atoms with Crippen LogP contribution in [0.1, 0.15) is 0 Å². The van der Waals surface area contributed by atoms with E-state index in [9.17, 15) is 14.3 Å². The second kappa shape index (κ2) is 7.54. The monoisotopic (exact) mass is 379 g/mol. The standard InChI is InChI=1S/C16H11ClFN3O3S/c17-12-7-10(3-6-13(12)18)19-14(23)8-25-16-21-20-15(24-16)9-1-4-11(22)5-2-9/h1-7,22H,8H2,(H,19,23). The number of hydrogen-bond donors (Lipinski definition) is 2. The van der Waals surface area contributed by atoms with Crippen LogP contribution in [0.5, 0.6) is 5.75 Å². The van der Waals surface area contributed by atoms with Gasteiger partial charge in [0.1, 0.15) is 11.6 Å². The largest absolute Gasteiger partial charge is 0.508 e. The van der Waals surface area contributed by atoms with Gasteiger partial charge in [-0.1, -0.05) is 23.4 Å². The lowest BCUT2D eigenvalue weighted by atomic mass is 10.2. The van der Waals surface area contributed by atoms with E-state index in [2.05, 4.69) is 15.5 Å². The highest BCUT2D eigenvalue weighted by atomic mass is 35.5. The number of halogens is 2. The number of aromatic nitrogens is 2. The number of nitrogens with one attached hydrogen (secondary N) is 1. The van der Waals surface area contributed by atoms with Gasteiger partial charge in [-0.3, -0.25) is 4.79 Å². The Morgan fingerprint density at radius 3 is 2.72 bits per heavy atom. The normalized spacial score (nSPS) is 10.6. The minimum Gasteiger partial charge on any atom is -0.508 e. The van der Waals surface area contributed by atoms with Crippen LogP contribution < -0.4 is 5.32 Å². The first-order valence-corrected chi connectivity index (χ1v) is 8.38. The van der Waals surface area contributed by atoms with Crippen LogP contribution in [0, 0.1) is 5.82 Å². The summed E-state index contributed by atoms with van der Waals surface area (Å²) in [6.07, 6.45) is 0. The molecular formula is C16H11ClFN3O3S. The van der Waals surface area contributed by atoms with E-state index in [0.29, 0.717) is 11.3 Å². The first-order chi connectivity index (χ1) is 12.0. The fourth-order valence-electron chi connectivity index (χ4n) is 1.89. The third-order valence-electron chi connectivity index (χ3n) is 3.05. The molecule has 0 aliphatic heterocycles. The lowest BCUT2D eigenvalue weighted by molar-refractivity contribution is -0.113. The van der Waals surface area contributed by atoms with Crippen molar-refractivity contribution in [3.8, 4) is 17.2 Å². The molecule has 25 heavy (non-hydrogen) atoms. The highest BCUT2D eigenvalue weighted by molar-refractivity contribution is 7.99. The zero-order valence-electron chi connectivity index (χ0n) is 12.6. The number of benzene rings is 2. The maximum Gasteiger partial charge on any atom is 0.277 e. The molecule has 0 unspecified atom stereocenters. The molecule has 3 aromatic rings. The van der Waals surface area contributed by atoms with E-state index in [1.807, 2.05) is 0 Å². The molecule has 6 nitrogen and oxygen atoms in total. The van der Waals surface area contributed by atoms with E-state index in [1.54, 1.807) is 12.1 Å². The molecule has 0 aliphatic carbocycles. The van der Waals surface area contributed by atoms with Crippen molar-refractivity contribution in [2.45, 2.75) is 5.22 Å². The number of phenolic OH excluding ortho intramolecular Hbond substituents is 1. The van der Waals surface area contributed by atoms with Gasteiger partial charge in [0.25, 0.3) is 5.22 Å². The van der Waals surface area contributed by atoms with Gasteiger partial charge < -0.3 is 14.8 Å². The van der Waals surface area contributed by atoms with Crippen LogP contribution in [-0.2, 0) is 4.79 Å². The molecule has 9 heteroatoms. The van der Waals surface area contributed by atoms with Gasteiger partial charge >= 0.3 is 0 Å². The van der Waals surface area contributed by atoms with E-state index in [1.165, 1.54) is 30.3 Å². The van der Waals surface area contributed by atoms with Crippen LogP contribution in [-0.4, -0.2) is 27.0 Å². The molecule has 2 aromatic carbocycles. The van der Waals surface area contributed by atoms with E-state index in [0.717, 1.165) is 11.8 Å². The zero-order chi connectivity index (χ0) is 17.8. The Labute approximate surface area is 151 Å². The second-order valence-electron chi connectivity index (χ2n) is 4.89. The molecule has 3 rings (SSSR count). The van der Waals surface area contributed by atoms with E-state index < -0.39 is 5.82 Å². The van der Waals surface area contributed by atoms with Gasteiger partial charge in [-0.25, -0.2) is 4.39 Å². The summed E-state index contributed by atoms with van der Waals surface area (Å²) in [4.78, 5) is 11.9. The number of carbonyl (C=O) groups excluding carboxylic acids is 1.